The molecule has 3 nitrogen and oxygen atoms in total. The van der Waals surface area contributed by atoms with Gasteiger partial charge >= 0.3 is 0 Å². The van der Waals surface area contributed by atoms with E-state index in [-0.39, 0.29) is 24.9 Å². The van der Waals surface area contributed by atoms with Gasteiger partial charge in [0, 0.05) is 30.2 Å². The molecule has 2 N–H and O–H groups in total. The van der Waals surface area contributed by atoms with Gasteiger partial charge in [0.2, 0.25) is 5.91 Å². The molecule has 0 fully saturated rings. The molecular formula is C18H21Cl2FN2O. The topological polar surface area (TPSA) is 46.3 Å². The van der Waals surface area contributed by atoms with Crippen LogP contribution in [0, 0.1) is 11.7 Å². The van der Waals surface area contributed by atoms with Gasteiger partial charge in [0.05, 0.1) is 5.92 Å². The average Bonchev–Trinajstić information content (AvgIpc) is 2.57. The van der Waals surface area contributed by atoms with Gasteiger partial charge in [0.1, 0.15) is 5.82 Å². The zero-order valence-electron chi connectivity index (χ0n) is 13.6. The first kappa shape index (κ1) is 20.4. The van der Waals surface area contributed by atoms with Crippen LogP contribution in [0.1, 0.15) is 24.1 Å². The molecule has 2 unspecified atom stereocenters. The third-order valence-corrected chi connectivity index (χ3v) is 4.30. The smallest absolute Gasteiger partial charge is 0.227 e. The van der Waals surface area contributed by atoms with Gasteiger partial charge in [-0.05, 0) is 17.7 Å². The molecule has 6 heteroatoms. The molecule has 0 aliphatic rings. The Morgan fingerprint density at radius 1 is 1.21 bits per heavy atom. The summed E-state index contributed by atoms with van der Waals surface area (Å²) in [5.74, 6) is -0.995. The van der Waals surface area contributed by atoms with Gasteiger partial charge in [-0.25, -0.2) is 4.39 Å². The molecule has 1 amide bonds. The highest BCUT2D eigenvalue weighted by atomic mass is 35.5. The molecule has 0 saturated heterocycles. The number of hydrogen-bond donors (Lipinski definition) is 1. The molecule has 130 valence electrons. The summed E-state index contributed by atoms with van der Waals surface area (Å²) in [6, 6.07) is 13.5. The van der Waals surface area contributed by atoms with Crippen LogP contribution in [0.2, 0.25) is 5.02 Å². The number of benzene rings is 2. The van der Waals surface area contributed by atoms with Crippen molar-refractivity contribution in [2.45, 2.75) is 19.5 Å². The number of hydrogen-bond acceptors (Lipinski definition) is 2. The Hall–Kier alpha value is -1.62. The fraction of sp³-hybridized carbons (Fsp3) is 0.278. The van der Waals surface area contributed by atoms with Crippen LogP contribution < -0.4 is 5.73 Å². The maximum absolute atomic E-state index is 13.9. The first-order valence-corrected chi connectivity index (χ1v) is 7.78. The number of halogens is 3. The SMILES string of the molecule is CC(C(=O)N(C)Cc1c(F)cccc1Cl)C(N)c1ccccc1.Cl. The summed E-state index contributed by atoms with van der Waals surface area (Å²) in [4.78, 5) is 14.0. The lowest BCUT2D eigenvalue weighted by atomic mass is 9.94. The second kappa shape index (κ2) is 9.02. The van der Waals surface area contributed by atoms with Gasteiger partial charge in [-0.1, -0.05) is 54.9 Å². The van der Waals surface area contributed by atoms with Crippen LogP contribution in [0.25, 0.3) is 0 Å². The molecule has 0 saturated carbocycles. The minimum absolute atomic E-state index is 0. The Labute approximate surface area is 153 Å². The molecule has 2 aromatic carbocycles. The van der Waals surface area contributed by atoms with E-state index >= 15 is 0 Å². The molecule has 0 bridgehead atoms. The molecule has 24 heavy (non-hydrogen) atoms. The number of nitrogens with zero attached hydrogens (tertiary/aromatic N) is 1. The van der Waals surface area contributed by atoms with E-state index in [0.717, 1.165) is 5.56 Å². The van der Waals surface area contributed by atoms with E-state index in [0.29, 0.717) is 10.6 Å². The summed E-state index contributed by atoms with van der Waals surface area (Å²) >= 11 is 6.01. The van der Waals surface area contributed by atoms with E-state index in [4.69, 9.17) is 17.3 Å². The van der Waals surface area contributed by atoms with Crippen molar-refractivity contribution in [3.8, 4) is 0 Å². The third-order valence-electron chi connectivity index (χ3n) is 3.95. The quantitative estimate of drug-likeness (QED) is 0.857. The standard InChI is InChI=1S/C18H20ClFN2O.ClH/c1-12(17(21)13-7-4-3-5-8-13)18(23)22(2)11-14-15(19)9-6-10-16(14)20;/h3-10,12,17H,11,21H2,1-2H3;1H. The monoisotopic (exact) mass is 370 g/mol. The Morgan fingerprint density at radius 3 is 2.42 bits per heavy atom. The summed E-state index contributed by atoms with van der Waals surface area (Å²) in [7, 11) is 1.62. The van der Waals surface area contributed by atoms with E-state index in [9.17, 15) is 9.18 Å². The van der Waals surface area contributed by atoms with E-state index < -0.39 is 17.8 Å². The Bertz CT molecular complexity index is 662. The lowest BCUT2D eigenvalue weighted by Gasteiger charge is -2.26. The zero-order chi connectivity index (χ0) is 17.0. The van der Waals surface area contributed by atoms with Crippen LogP contribution in [0.5, 0.6) is 0 Å². The maximum Gasteiger partial charge on any atom is 0.227 e. The number of nitrogens with two attached hydrogens (primary N) is 1. The fourth-order valence-electron chi connectivity index (χ4n) is 2.46. The molecule has 0 heterocycles. The Kier molecular flexibility index (Phi) is 7.67. The number of amides is 1. The molecule has 0 aliphatic heterocycles. The molecule has 0 spiro atoms. The van der Waals surface area contributed by atoms with Crippen LogP contribution >= 0.6 is 24.0 Å². The van der Waals surface area contributed by atoms with Crippen molar-refractivity contribution < 1.29 is 9.18 Å². The number of rotatable bonds is 5. The number of carbonyl (C=O) groups is 1. The average molecular weight is 371 g/mol. The highest BCUT2D eigenvalue weighted by Gasteiger charge is 2.25. The summed E-state index contributed by atoms with van der Waals surface area (Å²) in [5.41, 5.74) is 7.39. The lowest BCUT2D eigenvalue weighted by Crippen LogP contribution is -2.36. The minimum atomic E-state index is -0.423. The predicted octanol–water partition coefficient (Wildman–Crippen LogP) is 4.20. The summed E-state index contributed by atoms with van der Waals surface area (Å²) in [5, 5.41) is 0.310. The van der Waals surface area contributed by atoms with Gasteiger partial charge in [0.25, 0.3) is 0 Å². The third kappa shape index (κ3) is 4.69. The number of carbonyl (C=O) groups excluding carboxylic acids is 1. The molecule has 2 aromatic rings. The normalized spacial score (nSPS) is 12.9. The second-order valence-electron chi connectivity index (χ2n) is 5.62. The largest absolute Gasteiger partial charge is 0.341 e. The molecular weight excluding hydrogens is 350 g/mol. The first-order chi connectivity index (χ1) is 10.9. The lowest BCUT2D eigenvalue weighted by molar-refractivity contribution is -0.134. The Morgan fingerprint density at radius 2 is 1.83 bits per heavy atom. The fourth-order valence-corrected chi connectivity index (χ4v) is 2.69. The van der Waals surface area contributed by atoms with Gasteiger partial charge in [0.15, 0.2) is 0 Å². The van der Waals surface area contributed by atoms with Crippen molar-refractivity contribution in [3.63, 3.8) is 0 Å². The van der Waals surface area contributed by atoms with Gasteiger partial charge in [-0.3, -0.25) is 4.79 Å². The van der Waals surface area contributed by atoms with E-state index in [1.165, 1.54) is 17.0 Å². The zero-order valence-corrected chi connectivity index (χ0v) is 15.2. The van der Waals surface area contributed by atoms with Crippen molar-refractivity contribution in [2.75, 3.05) is 7.05 Å². The first-order valence-electron chi connectivity index (χ1n) is 7.40. The van der Waals surface area contributed by atoms with E-state index in [1.807, 2.05) is 30.3 Å². The van der Waals surface area contributed by atoms with Crippen molar-refractivity contribution in [2.24, 2.45) is 11.7 Å². The van der Waals surface area contributed by atoms with Crippen molar-refractivity contribution >= 4 is 29.9 Å². The van der Waals surface area contributed by atoms with Crippen molar-refractivity contribution in [1.29, 1.82) is 0 Å². The van der Waals surface area contributed by atoms with Gasteiger partial charge in [-0.15, -0.1) is 12.4 Å². The molecule has 2 rings (SSSR count). The van der Waals surface area contributed by atoms with Gasteiger partial charge in [-0.2, -0.15) is 0 Å². The van der Waals surface area contributed by atoms with Crippen LogP contribution in [-0.4, -0.2) is 17.9 Å². The maximum atomic E-state index is 13.9. The van der Waals surface area contributed by atoms with E-state index in [1.54, 1.807) is 20.0 Å². The van der Waals surface area contributed by atoms with Crippen LogP contribution in [-0.2, 0) is 11.3 Å². The highest BCUT2D eigenvalue weighted by molar-refractivity contribution is 6.31. The molecule has 2 atom stereocenters. The minimum Gasteiger partial charge on any atom is -0.341 e. The summed E-state index contributed by atoms with van der Waals surface area (Å²) in [6.45, 7) is 1.88. The van der Waals surface area contributed by atoms with E-state index in [2.05, 4.69) is 0 Å². The second-order valence-corrected chi connectivity index (χ2v) is 6.03. The molecule has 0 radical (unpaired) electrons. The highest BCUT2D eigenvalue weighted by Crippen LogP contribution is 2.24. The molecule has 0 aliphatic carbocycles. The summed E-state index contributed by atoms with van der Waals surface area (Å²) < 4.78 is 13.9. The summed E-state index contributed by atoms with van der Waals surface area (Å²) in [6.07, 6.45) is 0. The van der Waals surface area contributed by atoms with Gasteiger partial charge < -0.3 is 10.6 Å². The molecule has 0 aromatic heterocycles. The van der Waals surface area contributed by atoms with Crippen molar-refractivity contribution in [3.05, 3.63) is 70.5 Å². The van der Waals surface area contributed by atoms with Crippen molar-refractivity contribution in [1.82, 2.24) is 4.90 Å². The predicted molar refractivity (Wildman–Crippen MR) is 97.7 cm³/mol. The Balaban J connectivity index is 0.00000288. The van der Waals surface area contributed by atoms with Crippen LogP contribution in [0.15, 0.2) is 48.5 Å². The van der Waals surface area contributed by atoms with Crippen LogP contribution in [0.3, 0.4) is 0 Å². The van der Waals surface area contributed by atoms with Crippen LogP contribution in [0.4, 0.5) is 4.39 Å².